The predicted molar refractivity (Wildman–Crippen MR) is 200 cm³/mol. The van der Waals surface area contributed by atoms with Crippen LogP contribution >= 0.6 is 0 Å². The molecular formula is C40H65NO16. The number of methoxy groups -OCH3 is 1. The lowest BCUT2D eigenvalue weighted by molar-refractivity contribution is -0.344. The molecule has 4 heterocycles. The SMILES string of the molecule is CCC(=O)O[C@@H]1[C@@H](C)O[C@H](O[C@H]2[C@@H](N(C)C)[C@@H](O)[C@@H](O[C@H]3[C@H](CC=O)C[C@@H](C)[C@@H](O)/C=C\[C@H]4O[C@@H]4C[C@@H](C)OC(=O)C[C@@H](OC(C)=O)[C@H]3OC)O[C@@H]2C)C[C@@]1(C)O. The number of esters is 3. The topological polar surface area (TPSA) is 219 Å². The average Bonchev–Trinajstić information content (AvgIpc) is 3.86. The van der Waals surface area contributed by atoms with E-state index in [0.717, 1.165) is 0 Å². The highest BCUT2D eigenvalue weighted by molar-refractivity contribution is 5.72. The van der Waals surface area contributed by atoms with E-state index in [9.17, 15) is 34.5 Å². The normalized spacial score (nSPS) is 44.0. The van der Waals surface area contributed by atoms with Gasteiger partial charge in [-0.25, -0.2) is 0 Å². The van der Waals surface area contributed by atoms with Crippen molar-refractivity contribution in [2.24, 2.45) is 11.8 Å². The van der Waals surface area contributed by atoms with Crippen LogP contribution in [0.25, 0.3) is 0 Å². The van der Waals surface area contributed by atoms with E-state index < -0.39 is 121 Å². The Labute approximate surface area is 335 Å². The molecule has 326 valence electrons. The fraction of sp³-hybridized carbons (Fsp3) is 0.850. The molecule has 4 aliphatic rings. The molecule has 4 rings (SSSR count). The number of cyclic esters (lactones) is 1. The van der Waals surface area contributed by atoms with Crippen LogP contribution in [0.3, 0.4) is 0 Å². The van der Waals surface area contributed by atoms with Gasteiger partial charge in [-0.15, -0.1) is 0 Å². The number of fused-ring (bicyclic) bond motifs is 1. The van der Waals surface area contributed by atoms with Gasteiger partial charge in [0.1, 0.15) is 48.5 Å². The molecule has 57 heavy (non-hydrogen) atoms. The molecule has 0 bridgehead atoms. The number of hydrogen-bond acceptors (Lipinski definition) is 17. The molecule has 17 heteroatoms. The molecular weight excluding hydrogens is 750 g/mol. The summed E-state index contributed by atoms with van der Waals surface area (Å²) in [7, 11) is 4.84. The minimum Gasteiger partial charge on any atom is -0.462 e. The minimum absolute atomic E-state index is 0.0460. The summed E-state index contributed by atoms with van der Waals surface area (Å²) >= 11 is 0. The first-order chi connectivity index (χ1) is 26.8. The van der Waals surface area contributed by atoms with Crippen LogP contribution in [0.2, 0.25) is 0 Å². The van der Waals surface area contributed by atoms with Gasteiger partial charge in [-0.3, -0.25) is 14.4 Å². The largest absolute Gasteiger partial charge is 0.462 e. The number of aliphatic hydroxyl groups excluding tert-OH is 2. The summed E-state index contributed by atoms with van der Waals surface area (Å²) in [5, 5.41) is 34.5. The number of nitrogens with zero attached hydrogens (tertiary/aromatic N) is 1. The zero-order chi connectivity index (χ0) is 42.4. The Morgan fingerprint density at radius 3 is 2.28 bits per heavy atom. The van der Waals surface area contributed by atoms with Crippen LogP contribution in [0.15, 0.2) is 12.2 Å². The van der Waals surface area contributed by atoms with Gasteiger partial charge in [-0.2, -0.15) is 0 Å². The summed E-state index contributed by atoms with van der Waals surface area (Å²) in [6.07, 6.45) is -8.10. The first-order valence-electron chi connectivity index (χ1n) is 20.0. The van der Waals surface area contributed by atoms with Crippen LogP contribution in [0.4, 0.5) is 0 Å². The molecule has 0 aromatic carbocycles. The van der Waals surface area contributed by atoms with Crippen molar-refractivity contribution in [3.63, 3.8) is 0 Å². The quantitative estimate of drug-likeness (QED) is 0.0887. The molecule has 0 unspecified atom stereocenters. The molecule has 0 spiro atoms. The number of aliphatic hydroxyl groups is 3. The molecule has 18 atom stereocenters. The summed E-state index contributed by atoms with van der Waals surface area (Å²) in [6.45, 7) is 11.4. The maximum atomic E-state index is 13.3. The van der Waals surface area contributed by atoms with Gasteiger partial charge in [0, 0.05) is 39.7 Å². The first-order valence-corrected chi connectivity index (χ1v) is 20.0. The van der Waals surface area contributed by atoms with E-state index in [4.69, 9.17) is 42.6 Å². The number of aldehydes is 1. The Hall–Kier alpha value is -2.58. The third-order valence-corrected chi connectivity index (χ3v) is 11.3. The highest BCUT2D eigenvalue weighted by atomic mass is 16.7. The molecule has 4 aliphatic heterocycles. The average molecular weight is 816 g/mol. The number of epoxide rings is 1. The Bertz CT molecular complexity index is 1380. The van der Waals surface area contributed by atoms with E-state index in [-0.39, 0.29) is 37.9 Å². The van der Waals surface area contributed by atoms with Gasteiger partial charge >= 0.3 is 17.9 Å². The molecule has 0 amide bonds. The second-order valence-corrected chi connectivity index (χ2v) is 16.4. The number of likely N-dealkylation sites (N-methyl/N-ethyl adjacent to an activating group) is 1. The van der Waals surface area contributed by atoms with Gasteiger partial charge in [0.25, 0.3) is 0 Å². The Morgan fingerprint density at radius 1 is 0.982 bits per heavy atom. The summed E-state index contributed by atoms with van der Waals surface area (Å²) in [4.78, 5) is 51.9. The standard InChI is InChI=1S/C40H65NO16/c1-11-30(45)55-38-23(5)51-32(19-40(38,7)48)56-35-22(4)52-39(34(47)33(35)41(8)9)57-36-25(14-15-42)16-20(2)26(44)12-13-27-28(54-27)17-21(3)50-31(46)18-29(37(36)49-10)53-24(6)43/h12-13,15,20-23,25-29,32-39,44,47-48H,11,14,16-19H2,1-10H3/b13-12-/t20-,21-,22-,23-,25-,26+,27-,28-,29-,32-,33+,34-,35-,36+,37-,38-,39-,40-/m1/s1. The molecule has 0 saturated carbocycles. The van der Waals surface area contributed by atoms with E-state index >= 15 is 0 Å². The summed E-state index contributed by atoms with van der Waals surface area (Å²) in [5.74, 6) is -2.95. The van der Waals surface area contributed by atoms with Crippen LogP contribution in [-0.2, 0) is 61.8 Å². The van der Waals surface area contributed by atoms with Gasteiger partial charge in [-0.1, -0.05) is 26.0 Å². The molecule has 0 aromatic rings. The van der Waals surface area contributed by atoms with E-state index in [1.807, 2.05) is 6.92 Å². The third-order valence-electron chi connectivity index (χ3n) is 11.3. The summed E-state index contributed by atoms with van der Waals surface area (Å²) in [6, 6.07) is -0.782. The molecule has 3 saturated heterocycles. The molecule has 3 fully saturated rings. The Kier molecular flexibility index (Phi) is 17.0. The van der Waals surface area contributed by atoms with Gasteiger partial charge in [0.15, 0.2) is 18.7 Å². The minimum atomic E-state index is -1.49. The zero-order valence-electron chi connectivity index (χ0n) is 34.9. The fourth-order valence-electron chi connectivity index (χ4n) is 8.32. The smallest absolute Gasteiger partial charge is 0.309 e. The fourth-order valence-corrected chi connectivity index (χ4v) is 8.32. The Balaban J connectivity index is 1.65. The summed E-state index contributed by atoms with van der Waals surface area (Å²) in [5.41, 5.74) is -1.49. The molecule has 0 aliphatic carbocycles. The maximum absolute atomic E-state index is 13.3. The van der Waals surface area contributed by atoms with Crippen LogP contribution in [-0.4, -0.2) is 163 Å². The lowest BCUT2D eigenvalue weighted by Crippen LogP contribution is -2.66. The molecule has 0 radical (unpaired) electrons. The first kappa shape index (κ1) is 47.1. The van der Waals surface area contributed by atoms with Gasteiger partial charge in [0.2, 0.25) is 0 Å². The highest BCUT2D eigenvalue weighted by Gasteiger charge is 2.53. The number of rotatable bonds is 11. The van der Waals surface area contributed by atoms with Crippen molar-refractivity contribution in [3.8, 4) is 0 Å². The van der Waals surface area contributed by atoms with Crippen molar-refractivity contribution in [2.45, 2.75) is 184 Å². The molecule has 0 aromatic heterocycles. The summed E-state index contributed by atoms with van der Waals surface area (Å²) < 4.78 is 54.1. The second-order valence-electron chi connectivity index (χ2n) is 16.4. The van der Waals surface area contributed by atoms with Crippen molar-refractivity contribution < 1.29 is 77.1 Å². The van der Waals surface area contributed by atoms with Crippen LogP contribution in [0, 0.1) is 11.8 Å². The lowest BCUT2D eigenvalue weighted by atomic mass is 9.82. The Morgan fingerprint density at radius 2 is 1.68 bits per heavy atom. The zero-order valence-corrected chi connectivity index (χ0v) is 34.9. The van der Waals surface area contributed by atoms with Gasteiger partial charge in [-0.05, 0) is 60.0 Å². The van der Waals surface area contributed by atoms with Crippen molar-refractivity contribution in [3.05, 3.63) is 12.2 Å². The monoisotopic (exact) mass is 815 g/mol. The molecule has 3 N–H and O–H groups in total. The number of carbonyl (C=O) groups excluding carboxylic acids is 4. The number of ether oxygens (including phenoxy) is 9. The van der Waals surface area contributed by atoms with E-state index in [0.29, 0.717) is 12.7 Å². The van der Waals surface area contributed by atoms with E-state index in [1.54, 1.807) is 65.8 Å². The van der Waals surface area contributed by atoms with E-state index in [1.165, 1.54) is 14.0 Å². The third kappa shape index (κ3) is 12.5. The van der Waals surface area contributed by atoms with Crippen LogP contribution in [0.5, 0.6) is 0 Å². The second kappa shape index (κ2) is 20.6. The van der Waals surface area contributed by atoms with Crippen molar-refractivity contribution in [1.82, 2.24) is 4.90 Å². The van der Waals surface area contributed by atoms with Crippen molar-refractivity contribution in [2.75, 3.05) is 21.2 Å². The lowest BCUT2D eigenvalue weighted by Gasteiger charge is -2.50. The van der Waals surface area contributed by atoms with Crippen LogP contribution in [0.1, 0.15) is 87.0 Å². The van der Waals surface area contributed by atoms with Crippen molar-refractivity contribution in [1.29, 1.82) is 0 Å². The highest BCUT2D eigenvalue weighted by Crippen LogP contribution is 2.38. The van der Waals surface area contributed by atoms with Gasteiger partial charge in [0.05, 0.1) is 43.0 Å². The number of hydrogen-bond donors (Lipinski definition) is 3. The predicted octanol–water partition coefficient (Wildman–Crippen LogP) is 1.59. The van der Waals surface area contributed by atoms with Crippen LogP contribution < -0.4 is 0 Å². The van der Waals surface area contributed by atoms with Crippen molar-refractivity contribution >= 4 is 24.2 Å². The maximum Gasteiger partial charge on any atom is 0.309 e. The van der Waals surface area contributed by atoms with E-state index in [2.05, 4.69) is 0 Å². The number of carbonyl (C=O) groups is 4. The van der Waals surface area contributed by atoms with Gasteiger partial charge < -0.3 is 67.6 Å². The molecule has 17 nitrogen and oxygen atoms in total.